The molecule has 0 spiro atoms. The van der Waals surface area contributed by atoms with E-state index in [2.05, 4.69) is 4.74 Å². The Morgan fingerprint density at radius 1 is 1.18 bits per heavy atom. The average Bonchev–Trinajstić information content (AvgIpc) is 2.06. The van der Waals surface area contributed by atoms with Gasteiger partial charge in [0.2, 0.25) is 0 Å². The normalized spacial score (nSPS) is 11.7. The fraction of sp³-hybridized carbons (Fsp3) is 1.00. The summed E-state index contributed by atoms with van der Waals surface area (Å²) in [6.07, 6.45) is 0.0984. The highest BCUT2D eigenvalue weighted by Crippen LogP contribution is 1.85. The number of ether oxygens (including phenoxy) is 2. The molecule has 0 saturated carbocycles. The summed E-state index contributed by atoms with van der Waals surface area (Å²) in [5, 5.41) is 8.44. The molecule has 0 aromatic carbocycles. The van der Waals surface area contributed by atoms with E-state index in [0.29, 0.717) is 6.42 Å². The second-order valence-corrected chi connectivity index (χ2v) is 1.88. The molecule has 0 heterocycles. The van der Waals surface area contributed by atoms with Gasteiger partial charge < -0.3 is 14.6 Å². The Labute approximate surface area is 69.3 Å². The van der Waals surface area contributed by atoms with E-state index in [9.17, 15) is 0 Å². The predicted octanol–water partition coefficient (Wildman–Crippen LogP) is 1.40. The molecule has 0 bridgehead atoms. The van der Waals surface area contributed by atoms with Gasteiger partial charge in [-0.25, -0.2) is 0 Å². The number of aliphatic hydroxyl groups is 1. The molecule has 0 fully saturated rings. The van der Waals surface area contributed by atoms with Gasteiger partial charge in [-0.2, -0.15) is 0 Å². The molecule has 1 atom stereocenters. The molecule has 0 saturated heterocycles. The second-order valence-electron chi connectivity index (χ2n) is 1.88. The highest BCUT2D eigenvalue weighted by molar-refractivity contribution is 4.26. The number of rotatable bonds is 4. The van der Waals surface area contributed by atoms with Crippen LogP contribution in [0.4, 0.5) is 0 Å². The molecule has 0 aliphatic carbocycles. The van der Waals surface area contributed by atoms with Gasteiger partial charge in [0.15, 0.2) is 6.29 Å². The Hall–Kier alpha value is -0.120. The molecule has 1 N–H and O–H groups in total. The van der Waals surface area contributed by atoms with E-state index in [1.807, 2.05) is 20.8 Å². The minimum Gasteiger partial charge on any atom is -0.382 e. The fourth-order valence-electron chi connectivity index (χ4n) is 0.371. The first kappa shape index (κ1) is 13.5. The molecule has 0 aliphatic rings. The van der Waals surface area contributed by atoms with Gasteiger partial charge in [-0.05, 0) is 20.3 Å². The summed E-state index contributed by atoms with van der Waals surface area (Å²) in [6, 6.07) is 0. The summed E-state index contributed by atoms with van der Waals surface area (Å²) < 4.78 is 9.29. The Balaban J connectivity index is 0. The maximum atomic E-state index is 8.44. The molecule has 0 radical (unpaired) electrons. The van der Waals surface area contributed by atoms with Gasteiger partial charge in [-0.15, -0.1) is 0 Å². The highest BCUT2D eigenvalue weighted by Gasteiger charge is 1.90. The van der Waals surface area contributed by atoms with Crippen molar-refractivity contribution in [3.8, 4) is 0 Å². The lowest BCUT2D eigenvalue weighted by atomic mass is 10.5. The summed E-state index contributed by atoms with van der Waals surface area (Å²) in [5.74, 6) is 0. The lowest BCUT2D eigenvalue weighted by Crippen LogP contribution is -2.05. The van der Waals surface area contributed by atoms with Crippen molar-refractivity contribution in [3.05, 3.63) is 0 Å². The molecule has 11 heavy (non-hydrogen) atoms. The van der Waals surface area contributed by atoms with Crippen LogP contribution in [0.3, 0.4) is 0 Å². The third kappa shape index (κ3) is 17.7. The molecular formula is C8H20O3. The summed E-state index contributed by atoms with van der Waals surface area (Å²) in [5.41, 5.74) is 0. The van der Waals surface area contributed by atoms with Crippen molar-refractivity contribution in [2.24, 2.45) is 0 Å². The molecular weight excluding hydrogens is 144 g/mol. The van der Waals surface area contributed by atoms with Crippen molar-refractivity contribution < 1.29 is 14.6 Å². The van der Waals surface area contributed by atoms with Crippen molar-refractivity contribution in [2.45, 2.75) is 33.5 Å². The molecule has 0 rings (SSSR count). The minimum atomic E-state index is -0.565. The molecule has 3 heteroatoms. The maximum Gasteiger partial charge on any atom is 0.153 e. The topological polar surface area (TPSA) is 38.7 Å². The zero-order valence-electron chi connectivity index (χ0n) is 7.96. The van der Waals surface area contributed by atoms with E-state index in [1.165, 1.54) is 7.11 Å². The smallest absolute Gasteiger partial charge is 0.153 e. The van der Waals surface area contributed by atoms with E-state index in [1.54, 1.807) is 0 Å². The van der Waals surface area contributed by atoms with Gasteiger partial charge in [0, 0.05) is 20.3 Å². The van der Waals surface area contributed by atoms with E-state index < -0.39 is 6.29 Å². The van der Waals surface area contributed by atoms with Crippen LogP contribution in [0.15, 0.2) is 0 Å². The van der Waals surface area contributed by atoms with Gasteiger partial charge >= 0.3 is 0 Å². The monoisotopic (exact) mass is 164 g/mol. The predicted molar refractivity (Wildman–Crippen MR) is 45.5 cm³/mol. The largest absolute Gasteiger partial charge is 0.382 e. The molecule has 70 valence electrons. The zero-order chi connectivity index (χ0) is 9.11. The molecule has 0 aliphatic heterocycles. The third-order valence-electron chi connectivity index (χ3n) is 1.03. The first-order valence-corrected chi connectivity index (χ1v) is 4.01. The van der Waals surface area contributed by atoms with Crippen LogP contribution in [0, 0.1) is 0 Å². The van der Waals surface area contributed by atoms with Crippen LogP contribution < -0.4 is 0 Å². The maximum absolute atomic E-state index is 8.44. The molecule has 3 nitrogen and oxygen atoms in total. The Morgan fingerprint density at radius 2 is 1.64 bits per heavy atom. The lowest BCUT2D eigenvalue weighted by Gasteiger charge is -2.00. The van der Waals surface area contributed by atoms with Gasteiger partial charge in [0.25, 0.3) is 0 Å². The minimum absolute atomic E-state index is 0.565. The molecule has 0 aromatic rings. The van der Waals surface area contributed by atoms with Gasteiger partial charge in [0.1, 0.15) is 0 Å². The van der Waals surface area contributed by atoms with Crippen molar-refractivity contribution in [2.75, 3.05) is 20.3 Å². The average molecular weight is 164 g/mol. The summed E-state index contributed by atoms with van der Waals surface area (Å²) in [6.45, 7) is 7.52. The molecule has 1 unspecified atom stereocenters. The fourth-order valence-corrected chi connectivity index (χ4v) is 0.371. The van der Waals surface area contributed by atoms with Gasteiger partial charge in [-0.1, -0.05) is 6.92 Å². The van der Waals surface area contributed by atoms with Crippen LogP contribution in [0.5, 0.6) is 0 Å². The zero-order valence-corrected chi connectivity index (χ0v) is 7.96. The number of methoxy groups -OCH3 is 1. The lowest BCUT2D eigenvalue weighted by molar-refractivity contribution is -0.0748. The number of hydrogen-bond donors (Lipinski definition) is 1. The van der Waals surface area contributed by atoms with Crippen LogP contribution in [0.25, 0.3) is 0 Å². The van der Waals surface area contributed by atoms with E-state index in [-0.39, 0.29) is 0 Å². The van der Waals surface area contributed by atoms with Crippen molar-refractivity contribution in [1.82, 2.24) is 0 Å². The standard InChI is InChI=1S/C4H10O2.C4H10O/c1-3-4(5)6-2;1-3-5-4-2/h4-5H,3H2,1-2H3;3-4H2,1-2H3. The van der Waals surface area contributed by atoms with Crippen LogP contribution in [-0.2, 0) is 9.47 Å². The van der Waals surface area contributed by atoms with Crippen LogP contribution in [-0.4, -0.2) is 31.7 Å². The Bertz CT molecular complexity index is 51.3. The second kappa shape index (κ2) is 12.5. The number of aliphatic hydroxyl groups excluding tert-OH is 1. The van der Waals surface area contributed by atoms with E-state index in [4.69, 9.17) is 9.84 Å². The summed E-state index contributed by atoms with van der Waals surface area (Å²) in [7, 11) is 1.48. The SMILES string of the molecule is CCC(O)OC.CCOCC. The number of hydrogen-bond acceptors (Lipinski definition) is 3. The van der Waals surface area contributed by atoms with Gasteiger partial charge in [0.05, 0.1) is 0 Å². The van der Waals surface area contributed by atoms with Crippen molar-refractivity contribution in [1.29, 1.82) is 0 Å². The van der Waals surface area contributed by atoms with Crippen molar-refractivity contribution >= 4 is 0 Å². The first-order valence-electron chi connectivity index (χ1n) is 4.01. The first-order chi connectivity index (χ1) is 5.22. The third-order valence-corrected chi connectivity index (χ3v) is 1.03. The summed E-state index contributed by atoms with van der Waals surface area (Å²) >= 11 is 0. The highest BCUT2D eigenvalue weighted by atomic mass is 16.6. The quantitative estimate of drug-likeness (QED) is 0.638. The van der Waals surface area contributed by atoms with E-state index >= 15 is 0 Å². The van der Waals surface area contributed by atoms with Crippen LogP contribution in [0.1, 0.15) is 27.2 Å². The Morgan fingerprint density at radius 3 is 1.64 bits per heavy atom. The van der Waals surface area contributed by atoms with Crippen LogP contribution >= 0.6 is 0 Å². The van der Waals surface area contributed by atoms with E-state index in [0.717, 1.165) is 13.2 Å². The van der Waals surface area contributed by atoms with Gasteiger partial charge in [-0.3, -0.25) is 0 Å². The molecule has 0 amide bonds. The van der Waals surface area contributed by atoms with Crippen LogP contribution in [0.2, 0.25) is 0 Å². The summed E-state index contributed by atoms with van der Waals surface area (Å²) in [4.78, 5) is 0. The van der Waals surface area contributed by atoms with Crippen molar-refractivity contribution in [3.63, 3.8) is 0 Å². The molecule has 0 aromatic heterocycles. The Kier molecular flexibility index (Phi) is 15.4.